The number of halogens is 1. The molecule has 0 amide bonds. The number of hydrogen-bond donors (Lipinski definition) is 1. The molecule has 1 aromatic rings. The fraction of sp³-hybridized carbons (Fsp3) is 0.577. The van der Waals surface area contributed by atoms with Crippen LogP contribution in [0.2, 0.25) is 5.02 Å². The van der Waals surface area contributed by atoms with Crippen LogP contribution in [-0.2, 0) is 9.53 Å². The van der Waals surface area contributed by atoms with Gasteiger partial charge in [0.05, 0.1) is 12.0 Å². The maximum atomic E-state index is 12.9. The van der Waals surface area contributed by atoms with Gasteiger partial charge in [-0.05, 0) is 48.4 Å². The van der Waals surface area contributed by atoms with Crippen molar-refractivity contribution in [2.45, 2.75) is 51.7 Å². The van der Waals surface area contributed by atoms with Crippen LogP contribution in [0.15, 0.2) is 42.0 Å². The molecule has 2 fully saturated rings. The molecular weight excluding hydrogens is 410 g/mol. The van der Waals surface area contributed by atoms with E-state index in [4.69, 9.17) is 16.3 Å². The molecule has 2 heterocycles. The number of fused-ring (bicyclic) bond motifs is 2. The highest BCUT2D eigenvalue weighted by Gasteiger charge is 2.59. The summed E-state index contributed by atoms with van der Waals surface area (Å²) in [6.07, 6.45) is 7.72. The molecule has 1 saturated carbocycles. The molecular formula is C26H32ClNO3. The highest BCUT2D eigenvalue weighted by Crippen LogP contribution is 2.56. The van der Waals surface area contributed by atoms with Crippen LogP contribution in [0.25, 0.3) is 5.57 Å². The third-order valence-electron chi connectivity index (χ3n) is 8.53. The van der Waals surface area contributed by atoms with Crippen LogP contribution in [0, 0.1) is 23.2 Å². The molecule has 1 aromatic carbocycles. The lowest BCUT2D eigenvalue weighted by atomic mass is 9.55. The molecule has 4 nitrogen and oxygen atoms in total. The molecule has 2 aliphatic heterocycles. The topological polar surface area (TPSA) is 49.8 Å². The van der Waals surface area contributed by atoms with Crippen LogP contribution < -0.4 is 0 Å². The molecule has 6 atom stereocenters. The van der Waals surface area contributed by atoms with Gasteiger partial charge in [-0.3, -0.25) is 9.69 Å². The minimum Gasteiger partial charge on any atom is -0.461 e. The first kappa shape index (κ1) is 21.2. The summed E-state index contributed by atoms with van der Waals surface area (Å²) in [4.78, 5) is 15.2. The van der Waals surface area contributed by atoms with Gasteiger partial charge in [-0.2, -0.15) is 0 Å². The Kier molecular flexibility index (Phi) is 5.52. The molecule has 1 saturated heterocycles. The fourth-order valence-electron chi connectivity index (χ4n) is 6.36. The number of carbonyl (C=O) groups is 1. The first-order valence-electron chi connectivity index (χ1n) is 11.6. The van der Waals surface area contributed by atoms with E-state index in [0.717, 1.165) is 43.8 Å². The number of allylic oxidation sites excluding steroid dienone is 1. The molecule has 166 valence electrons. The third kappa shape index (κ3) is 3.57. The van der Waals surface area contributed by atoms with Crippen molar-refractivity contribution in [1.82, 2.24) is 4.90 Å². The van der Waals surface area contributed by atoms with Crippen LogP contribution in [0.5, 0.6) is 0 Å². The Hall–Kier alpha value is -1.62. The first-order valence-corrected chi connectivity index (χ1v) is 12.0. The SMILES string of the molecule is CC1CCC=C2C[C@H]3OC(=O)C(CN4CC=C(c5ccc(Cl)cc5)CC4)[C@H]3C(O)[C@@]21C. The van der Waals surface area contributed by atoms with E-state index in [2.05, 4.69) is 43.0 Å². The van der Waals surface area contributed by atoms with Crippen LogP contribution in [-0.4, -0.2) is 47.8 Å². The third-order valence-corrected chi connectivity index (χ3v) is 8.79. The summed E-state index contributed by atoms with van der Waals surface area (Å²) >= 11 is 6.02. The van der Waals surface area contributed by atoms with Crippen LogP contribution in [0.4, 0.5) is 0 Å². The second-order valence-corrected chi connectivity index (χ2v) is 10.5. The fourth-order valence-corrected chi connectivity index (χ4v) is 6.48. The van der Waals surface area contributed by atoms with Gasteiger partial charge < -0.3 is 9.84 Å². The van der Waals surface area contributed by atoms with Crippen molar-refractivity contribution >= 4 is 23.1 Å². The molecule has 2 aliphatic carbocycles. The number of esters is 1. The molecule has 0 aromatic heterocycles. The van der Waals surface area contributed by atoms with E-state index in [1.54, 1.807) is 0 Å². The number of nitrogens with zero attached hydrogens (tertiary/aromatic N) is 1. The molecule has 0 spiro atoms. The summed E-state index contributed by atoms with van der Waals surface area (Å²) in [5.74, 6) is -0.0773. The summed E-state index contributed by atoms with van der Waals surface area (Å²) < 4.78 is 5.83. The zero-order valence-corrected chi connectivity index (χ0v) is 19.1. The second kappa shape index (κ2) is 8.06. The monoisotopic (exact) mass is 441 g/mol. The number of ether oxygens (including phenoxy) is 1. The minimum atomic E-state index is -0.533. The largest absolute Gasteiger partial charge is 0.461 e. The van der Waals surface area contributed by atoms with E-state index in [1.165, 1.54) is 16.7 Å². The Balaban J connectivity index is 1.31. The summed E-state index contributed by atoms with van der Waals surface area (Å²) in [6.45, 7) is 6.83. The molecule has 4 aliphatic rings. The van der Waals surface area contributed by atoms with Gasteiger partial charge >= 0.3 is 5.97 Å². The molecule has 5 heteroatoms. The lowest BCUT2D eigenvalue weighted by Crippen LogP contribution is -2.54. The maximum absolute atomic E-state index is 12.9. The Morgan fingerprint density at radius 1 is 1.26 bits per heavy atom. The van der Waals surface area contributed by atoms with Gasteiger partial charge in [-0.15, -0.1) is 0 Å². The van der Waals surface area contributed by atoms with E-state index in [1.807, 2.05) is 12.1 Å². The Bertz CT molecular complexity index is 923. The minimum absolute atomic E-state index is 0.114. The van der Waals surface area contributed by atoms with Crippen molar-refractivity contribution in [3.8, 4) is 0 Å². The van der Waals surface area contributed by atoms with E-state index in [-0.39, 0.29) is 29.3 Å². The van der Waals surface area contributed by atoms with Crippen LogP contribution in [0.3, 0.4) is 0 Å². The van der Waals surface area contributed by atoms with Crippen molar-refractivity contribution in [1.29, 1.82) is 0 Å². The quantitative estimate of drug-likeness (QED) is 0.545. The number of aliphatic hydroxyl groups is 1. The predicted octanol–water partition coefficient (Wildman–Crippen LogP) is 4.71. The van der Waals surface area contributed by atoms with Crippen molar-refractivity contribution in [2.24, 2.45) is 23.2 Å². The van der Waals surface area contributed by atoms with E-state index in [0.29, 0.717) is 12.5 Å². The van der Waals surface area contributed by atoms with E-state index >= 15 is 0 Å². The Morgan fingerprint density at radius 2 is 2.03 bits per heavy atom. The van der Waals surface area contributed by atoms with Crippen molar-refractivity contribution < 1.29 is 14.6 Å². The smallest absolute Gasteiger partial charge is 0.311 e. The predicted molar refractivity (Wildman–Crippen MR) is 123 cm³/mol. The summed E-state index contributed by atoms with van der Waals surface area (Å²) in [7, 11) is 0. The summed E-state index contributed by atoms with van der Waals surface area (Å²) in [5.41, 5.74) is 3.60. The summed E-state index contributed by atoms with van der Waals surface area (Å²) in [6, 6.07) is 7.99. The van der Waals surface area contributed by atoms with E-state index < -0.39 is 6.10 Å². The highest BCUT2D eigenvalue weighted by atomic mass is 35.5. The first-order chi connectivity index (χ1) is 14.9. The number of hydrogen-bond acceptors (Lipinski definition) is 4. The molecule has 1 N–H and O–H groups in total. The van der Waals surface area contributed by atoms with Gasteiger partial charge in [0.1, 0.15) is 6.10 Å². The van der Waals surface area contributed by atoms with E-state index in [9.17, 15) is 9.90 Å². The zero-order chi connectivity index (χ0) is 21.8. The van der Waals surface area contributed by atoms with Gasteiger partial charge in [0.15, 0.2) is 0 Å². The van der Waals surface area contributed by atoms with Crippen molar-refractivity contribution in [2.75, 3.05) is 19.6 Å². The number of carbonyl (C=O) groups excluding carboxylic acids is 1. The normalized spacial score (nSPS) is 38.1. The van der Waals surface area contributed by atoms with Gasteiger partial charge in [-0.1, -0.05) is 55.3 Å². The van der Waals surface area contributed by atoms with Gasteiger partial charge in [0.2, 0.25) is 0 Å². The number of rotatable bonds is 3. The van der Waals surface area contributed by atoms with Gasteiger partial charge in [0, 0.05) is 42.4 Å². The molecule has 0 radical (unpaired) electrons. The lowest BCUT2D eigenvalue weighted by molar-refractivity contribution is -0.145. The lowest BCUT2D eigenvalue weighted by Gasteiger charge is -2.52. The zero-order valence-electron chi connectivity index (χ0n) is 18.4. The maximum Gasteiger partial charge on any atom is 0.311 e. The van der Waals surface area contributed by atoms with Crippen molar-refractivity contribution in [3.63, 3.8) is 0 Å². The Labute approximate surface area is 189 Å². The van der Waals surface area contributed by atoms with Gasteiger partial charge in [0.25, 0.3) is 0 Å². The van der Waals surface area contributed by atoms with Crippen LogP contribution >= 0.6 is 11.6 Å². The molecule has 31 heavy (non-hydrogen) atoms. The molecule has 5 rings (SSSR count). The Morgan fingerprint density at radius 3 is 2.74 bits per heavy atom. The van der Waals surface area contributed by atoms with Crippen molar-refractivity contribution in [3.05, 3.63) is 52.6 Å². The molecule has 0 bridgehead atoms. The average Bonchev–Trinajstić information content (AvgIpc) is 3.07. The average molecular weight is 442 g/mol. The summed E-state index contributed by atoms with van der Waals surface area (Å²) in [5, 5.41) is 12.3. The standard InChI is InChI=1S/C26H32ClNO3/c1-16-4-3-5-19-14-22-23(24(29)26(16,19)2)21(25(30)31-22)15-28-12-10-18(11-13-28)17-6-8-20(27)9-7-17/h5-10,16,21-24,29H,3-4,11-15H2,1-2H3/t16?,21?,22-,23-,24?,26-/m1/s1. The highest BCUT2D eigenvalue weighted by molar-refractivity contribution is 6.30. The number of benzene rings is 1. The van der Waals surface area contributed by atoms with Gasteiger partial charge in [-0.25, -0.2) is 0 Å². The van der Waals surface area contributed by atoms with Crippen LogP contribution in [0.1, 0.15) is 45.1 Å². The second-order valence-electron chi connectivity index (χ2n) is 10.0. The number of aliphatic hydroxyl groups excluding tert-OH is 1. The molecule has 3 unspecified atom stereocenters.